The van der Waals surface area contributed by atoms with E-state index in [1.165, 1.54) is 17.8 Å². The summed E-state index contributed by atoms with van der Waals surface area (Å²) >= 11 is 6.51. The smallest absolute Gasteiger partial charge is 0.293 e. The monoisotopic (exact) mass is 740 g/mol. The second kappa shape index (κ2) is 14.5. The van der Waals surface area contributed by atoms with Gasteiger partial charge in [0.05, 0.1) is 34.5 Å². The predicted octanol–water partition coefficient (Wildman–Crippen LogP) is 3.11. The van der Waals surface area contributed by atoms with Crippen molar-refractivity contribution in [3.8, 4) is 5.75 Å². The van der Waals surface area contributed by atoms with E-state index in [2.05, 4.69) is 31.3 Å². The maximum atomic E-state index is 13.5. The van der Waals surface area contributed by atoms with Crippen LogP contribution >= 0.6 is 11.6 Å². The lowest BCUT2D eigenvalue weighted by molar-refractivity contribution is -0.134. The van der Waals surface area contributed by atoms with Crippen LogP contribution in [0.5, 0.6) is 5.75 Å². The molecule has 2 aliphatic rings. The molecule has 7 rings (SSSR count). The van der Waals surface area contributed by atoms with Gasteiger partial charge in [0.2, 0.25) is 23.7 Å². The number of fused-ring (bicyclic) bond motifs is 2. The lowest BCUT2D eigenvalue weighted by Gasteiger charge is -2.31. The maximum absolute atomic E-state index is 13.5. The first kappa shape index (κ1) is 35.4. The number of imide groups is 1. The highest BCUT2D eigenvalue weighted by Crippen LogP contribution is 2.34. The van der Waals surface area contributed by atoms with Crippen LogP contribution in [-0.2, 0) is 33.3 Å². The van der Waals surface area contributed by atoms with Gasteiger partial charge in [-0.05, 0) is 49.6 Å². The van der Waals surface area contributed by atoms with Crippen molar-refractivity contribution >= 4 is 80.2 Å². The number of amides is 4. The van der Waals surface area contributed by atoms with Crippen molar-refractivity contribution < 1.29 is 23.9 Å². The normalized spacial score (nSPS) is 16.5. The number of halogens is 1. The molecule has 16 nitrogen and oxygen atoms in total. The van der Waals surface area contributed by atoms with Gasteiger partial charge in [0.15, 0.2) is 18.2 Å². The van der Waals surface area contributed by atoms with Gasteiger partial charge in [-0.2, -0.15) is 10.1 Å². The lowest BCUT2D eigenvalue weighted by atomic mass is 9.92. The fourth-order valence-electron chi connectivity index (χ4n) is 6.84. The molecule has 0 radical (unpaired) electrons. The van der Waals surface area contributed by atoms with Crippen LogP contribution < -0.4 is 36.5 Å². The van der Waals surface area contributed by atoms with Gasteiger partial charge >= 0.3 is 0 Å². The van der Waals surface area contributed by atoms with E-state index in [4.69, 9.17) is 21.3 Å². The molecule has 0 bridgehead atoms. The summed E-state index contributed by atoms with van der Waals surface area (Å²) in [4.78, 5) is 73.4. The van der Waals surface area contributed by atoms with Crippen LogP contribution in [0.3, 0.4) is 0 Å². The Labute approximate surface area is 307 Å². The summed E-state index contributed by atoms with van der Waals surface area (Å²) in [6.45, 7) is 0.794. The first-order valence-corrected chi connectivity index (χ1v) is 17.5. The second-order valence-electron chi connectivity index (χ2n) is 13.1. The van der Waals surface area contributed by atoms with E-state index < -0.39 is 5.92 Å². The Kier molecular flexibility index (Phi) is 9.70. The largest absolute Gasteiger partial charge is 0.478 e. The van der Waals surface area contributed by atoms with Crippen molar-refractivity contribution in [2.45, 2.75) is 31.6 Å². The van der Waals surface area contributed by atoms with Crippen LogP contribution in [0, 0.1) is 5.92 Å². The molecule has 5 aromatic rings. The number of pyridine rings is 1. The molecule has 1 unspecified atom stereocenters. The van der Waals surface area contributed by atoms with Crippen molar-refractivity contribution in [2.24, 2.45) is 20.0 Å². The van der Waals surface area contributed by atoms with E-state index in [1.54, 1.807) is 37.0 Å². The Hall–Kier alpha value is -6.03. The van der Waals surface area contributed by atoms with Crippen LogP contribution in [-0.4, -0.2) is 74.7 Å². The summed E-state index contributed by atoms with van der Waals surface area (Å²) in [5.41, 5.74) is 2.85. The Bertz CT molecular complexity index is 2350. The quantitative estimate of drug-likeness (QED) is 0.162. The van der Waals surface area contributed by atoms with E-state index in [0.717, 1.165) is 5.39 Å². The number of ether oxygens (including phenoxy) is 1. The first-order chi connectivity index (χ1) is 25.5. The number of hydrogen-bond donors (Lipinski definition) is 4. The number of aryl methyl sites for hydroxylation is 2. The van der Waals surface area contributed by atoms with Crippen molar-refractivity contribution in [2.75, 3.05) is 42.3 Å². The topological polar surface area (TPSA) is 194 Å². The number of likely N-dealkylation sites (N-methyl/N-ethyl adjacent to an activating group) is 1. The van der Waals surface area contributed by atoms with E-state index in [0.29, 0.717) is 82.6 Å². The van der Waals surface area contributed by atoms with Crippen LogP contribution in [0.4, 0.5) is 23.1 Å². The highest BCUT2D eigenvalue weighted by Gasteiger charge is 2.33. The van der Waals surface area contributed by atoms with Crippen LogP contribution in [0.2, 0.25) is 5.02 Å². The summed E-state index contributed by atoms with van der Waals surface area (Å²) in [6.07, 6.45) is 3.29. The summed E-state index contributed by atoms with van der Waals surface area (Å²) in [5.74, 6) is -1.02. The van der Waals surface area contributed by atoms with Gasteiger partial charge in [-0.1, -0.05) is 23.7 Å². The highest BCUT2D eigenvalue weighted by molar-refractivity contribution is 6.33. The zero-order valence-corrected chi connectivity index (χ0v) is 30.0. The Balaban J connectivity index is 1.02. The number of hydrogen-bond acceptors (Lipinski definition) is 11. The number of aromatic nitrogens is 5. The summed E-state index contributed by atoms with van der Waals surface area (Å²) in [7, 11) is 4.89. The fraction of sp³-hybridized carbons (Fsp3) is 0.333. The van der Waals surface area contributed by atoms with Gasteiger partial charge in [0, 0.05) is 63.0 Å². The van der Waals surface area contributed by atoms with Gasteiger partial charge in [-0.15, -0.1) is 0 Å². The van der Waals surface area contributed by atoms with Gasteiger partial charge in [0.1, 0.15) is 5.02 Å². The number of rotatable bonds is 9. The minimum absolute atomic E-state index is 0.0492. The molecule has 53 heavy (non-hydrogen) atoms. The SMILES string of the molecule is CNC(=O)COc1cc2cc(Nc3nc(N4CCC(C(=O)Nc5cccc6c(C7CCC(=O)NC7=O)nn(C)c56)CC4)ncc3Cl)ccc2n(C)c1=O. The zero-order valence-electron chi connectivity index (χ0n) is 29.2. The number of para-hydroxylation sites is 1. The molecule has 2 saturated heterocycles. The van der Waals surface area contributed by atoms with E-state index in [1.807, 2.05) is 29.2 Å². The summed E-state index contributed by atoms with van der Waals surface area (Å²) in [6, 6.07) is 12.5. The Morgan fingerprint density at radius 3 is 2.60 bits per heavy atom. The average molecular weight is 741 g/mol. The molecule has 0 aliphatic carbocycles. The van der Waals surface area contributed by atoms with Crippen molar-refractivity contribution in [1.82, 2.24) is 34.9 Å². The van der Waals surface area contributed by atoms with Crippen LogP contribution in [0.25, 0.3) is 21.8 Å². The van der Waals surface area contributed by atoms with Crippen molar-refractivity contribution in [3.63, 3.8) is 0 Å². The molecule has 4 amide bonds. The number of nitrogens with zero attached hydrogens (tertiary/aromatic N) is 6. The van der Waals surface area contributed by atoms with E-state index >= 15 is 0 Å². The number of benzene rings is 2. The molecule has 17 heteroatoms. The van der Waals surface area contributed by atoms with Crippen molar-refractivity contribution in [1.29, 1.82) is 0 Å². The minimum Gasteiger partial charge on any atom is -0.478 e. The third kappa shape index (κ3) is 7.09. The van der Waals surface area contributed by atoms with Crippen molar-refractivity contribution in [3.05, 3.63) is 69.7 Å². The van der Waals surface area contributed by atoms with Gasteiger partial charge in [0.25, 0.3) is 11.5 Å². The molecule has 5 heterocycles. The Morgan fingerprint density at radius 2 is 1.85 bits per heavy atom. The number of carbonyl (C=O) groups is 4. The summed E-state index contributed by atoms with van der Waals surface area (Å²) < 4.78 is 8.60. The van der Waals surface area contributed by atoms with Gasteiger partial charge in [-0.25, -0.2) is 4.98 Å². The third-order valence-electron chi connectivity index (χ3n) is 9.69. The second-order valence-corrected chi connectivity index (χ2v) is 13.5. The van der Waals surface area contributed by atoms with Crippen LogP contribution in [0.15, 0.2) is 53.5 Å². The van der Waals surface area contributed by atoms with Gasteiger partial charge < -0.3 is 30.2 Å². The molecule has 4 N–H and O–H groups in total. The number of nitrogens with one attached hydrogen (secondary N) is 4. The molecule has 274 valence electrons. The first-order valence-electron chi connectivity index (χ1n) is 17.1. The summed E-state index contributed by atoms with van der Waals surface area (Å²) in [5, 5.41) is 17.6. The minimum atomic E-state index is -0.544. The molecule has 2 aliphatic heterocycles. The highest BCUT2D eigenvalue weighted by atomic mass is 35.5. The lowest BCUT2D eigenvalue weighted by Crippen LogP contribution is -2.39. The van der Waals surface area contributed by atoms with E-state index in [-0.39, 0.29) is 53.9 Å². The maximum Gasteiger partial charge on any atom is 0.293 e. The molecule has 1 atom stereocenters. The predicted molar refractivity (Wildman–Crippen MR) is 198 cm³/mol. The number of piperidine rings is 2. The number of anilines is 4. The van der Waals surface area contributed by atoms with Crippen LogP contribution in [0.1, 0.15) is 37.3 Å². The van der Waals surface area contributed by atoms with Gasteiger partial charge in [-0.3, -0.25) is 34.0 Å². The molecular weight excluding hydrogens is 704 g/mol. The zero-order chi connectivity index (χ0) is 37.4. The molecule has 2 aromatic carbocycles. The standard InChI is InChI=1S/C36H37ClN10O6/c1-38-29(49)18-53-27-16-20-15-21(7-9-26(20)45(2)35(27)52)40-32-24(37)17-39-36(43-32)47-13-11-19(12-14-47)33(50)41-25-6-4-5-22-30(44-46(3)31(22)25)23-8-10-28(48)42-34(23)51/h4-7,9,15-17,19,23H,8,10-14,18H2,1-3H3,(H,38,49)(H,41,50)(H,39,40,43)(H,42,48,51). The third-order valence-corrected chi connectivity index (χ3v) is 9.97. The van der Waals surface area contributed by atoms with E-state index in [9.17, 15) is 24.0 Å². The molecular formula is C36H37ClN10O6. The molecule has 3 aromatic heterocycles. The molecule has 0 spiro atoms. The molecule has 2 fully saturated rings. The fourth-order valence-corrected chi connectivity index (χ4v) is 6.98. The molecule has 0 saturated carbocycles. The average Bonchev–Trinajstić information content (AvgIpc) is 3.49. The number of carbonyl (C=O) groups excluding carboxylic acids is 4. The Morgan fingerprint density at radius 1 is 1.06 bits per heavy atom.